The summed E-state index contributed by atoms with van der Waals surface area (Å²) in [6.07, 6.45) is 3.69. The maximum absolute atomic E-state index is 14.9. The molecule has 3 aliphatic rings. The van der Waals surface area contributed by atoms with Crippen LogP contribution in [0.15, 0.2) is 28.8 Å². The molecule has 1 fully saturated rings. The van der Waals surface area contributed by atoms with Crippen molar-refractivity contribution in [1.82, 2.24) is 24.7 Å². The van der Waals surface area contributed by atoms with Gasteiger partial charge in [0.15, 0.2) is 0 Å². The molecule has 1 aromatic heterocycles. The van der Waals surface area contributed by atoms with E-state index in [1.165, 1.54) is 11.1 Å². The number of piperazine rings is 1. The van der Waals surface area contributed by atoms with Gasteiger partial charge in [0.05, 0.1) is 12.3 Å². The molecule has 0 bridgehead atoms. The van der Waals surface area contributed by atoms with Gasteiger partial charge in [0.1, 0.15) is 23.7 Å². The van der Waals surface area contributed by atoms with Crippen molar-refractivity contribution in [3.63, 3.8) is 0 Å². The second-order valence-electron chi connectivity index (χ2n) is 9.53. The third kappa shape index (κ3) is 6.16. The Balaban J connectivity index is 1.33. The van der Waals surface area contributed by atoms with Crippen LogP contribution in [0, 0.1) is 5.92 Å². The Bertz CT molecular complexity index is 1090. The molecule has 0 saturated carbocycles. The fourth-order valence-corrected chi connectivity index (χ4v) is 4.53. The highest BCUT2D eigenvalue weighted by molar-refractivity contribution is 5.96. The molecule has 4 rings (SSSR count). The van der Waals surface area contributed by atoms with Crippen molar-refractivity contribution in [2.24, 2.45) is 16.6 Å². The quantitative estimate of drug-likeness (QED) is 0.388. The van der Waals surface area contributed by atoms with E-state index in [9.17, 15) is 23.5 Å². The molecular formula is C24H34F2N8O3. The first-order valence-corrected chi connectivity index (χ1v) is 12.5. The van der Waals surface area contributed by atoms with Crippen LogP contribution in [0.2, 0.25) is 0 Å². The molecule has 0 spiro atoms. The van der Waals surface area contributed by atoms with Crippen LogP contribution >= 0.6 is 0 Å². The third-order valence-electron chi connectivity index (χ3n) is 6.70. The Kier molecular flexibility index (Phi) is 8.54. The molecule has 13 heteroatoms. The van der Waals surface area contributed by atoms with Gasteiger partial charge in [0, 0.05) is 70.2 Å². The van der Waals surface area contributed by atoms with E-state index in [-0.39, 0.29) is 56.3 Å². The van der Waals surface area contributed by atoms with E-state index < -0.39 is 36.5 Å². The summed E-state index contributed by atoms with van der Waals surface area (Å²) in [5.74, 6) is -0.927. The molecule has 5 N–H and O–H groups in total. The smallest absolute Gasteiger partial charge is 0.272 e. The number of nitrogens with zero attached hydrogens (tertiary/aromatic N) is 5. The normalized spacial score (nSPS) is 22.5. The summed E-state index contributed by atoms with van der Waals surface area (Å²) >= 11 is 0. The SMILES string of the molecule is CC(CN)CN=C1CC(F)=C(N2CCN(C(=O)C(CO)NC(=O)c3cn4c(n3)NCC=C4)CC2)C(F)C1. The van der Waals surface area contributed by atoms with Crippen molar-refractivity contribution in [2.45, 2.75) is 32.0 Å². The summed E-state index contributed by atoms with van der Waals surface area (Å²) in [5.41, 5.74) is 6.22. The maximum atomic E-state index is 14.9. The van der Waals surface area contributed by atoms with Crippen LogP contribution in [0.3, 0.4) is 0 Å². The number of aliphatic hydroxyl groups is 1. The van der Waals surface area contributed by atoms with Crippen molar-refractivity contribution in [1.29, 1.82) is 0 Å². The number of aromatic nitrogens is 2. The van der Waals surface area contributed by atoms with Gasteiger partial charge in [0.2, 0.25) is 11.9 Å². The molecule has 1 saturated heterocycles. The number of nitrogens with two attached hydrogens (primary N) is 1. The molecule has 0 radical (unpaired) electrons. The monoisotopic (exact) mass is 520 g/mol. The number of halogens is 2. The number of hydrogen-bond donors (Lipinski definition) is 4. The van der Waals surface area contributed by atoms with Gasteiger partial charge in [-0.1, -0.05) is 6.92 Å². The fraction of sp³-hybridized carbons (Fsp3) is 0.583. The van der Waals surface area contributed by atoms with Gasteiger partial charge >= 0.3 is 0 Å². The van der Waals surface area contributed by atoms with Gasteiger partial charge in [-0.15, -0.1) is 0 Å². The highest BCUT2D eigenvalue weighted by atomic mass is 19.1. The number of carbonyl (C=O) groups is 2. The highest BCUT2D eigenvalue weighted by Crippen LogP contribution is 2.30. The summed E-state index contributed by atoms with van der Waals surface area (Å²) in [4.78, 5) is 37.3. The number of anilines is 1. The number of aliphatic hydroxyl groups excluding tert-OH is 1. The lowest BCUT2D eigenvalue weighted by atomic mass is 9.97. The molecule has 202 valence electrons. The van der Waals surface area contributed by atoms with Crippen LogP contribution in [0.25, 0.3) is 6.20 Å². The maximum Gasteiger partial charge on any atom is 0.272 e. The lowest BCUT2D eigenvalue weighted by Crippen LogP contribution is -2.56. The standard InChI is InChI=1S/C24H34F2N8O3/c1-15(11-27)12-29-16-9-17(25)21(18(26)10-16)32-5-7-33(8-6-32)23(37)20(14-35)30-22(36)19-13-34-4-2-3-28-24(34)31-19/h2,4,13,15,17,20,35H,3,5-12,14,27H2,1H3,(H,28,31)(H,30,36). The van der Waals surface area contributed by atoms with Gasteiger partial charge < -0.3 is 31.3 Å². The lowest BCUT2D eigenvalue weighted by Gasteiger charge is -2.40. The van der Waals surface area contributed by atoms with E-state index in [4.69, 9.17) is 5.73 Å². The molecule has 2 aliphatic heterocycles. The molecule has 3 heterocycles. The lowest BCUT2D eigenvalue weighted by molar-refractivity contribution is -0.135. The first-order chi connectivity index (χ1) is 17.8. The number of alkyl halides is 1. The Morgan fingerprint density at radius 1 is 1.35 bits per heavy atom. The second kappa shape index (κ2) is 11.8. The number of imidazole rings is 1. The molecule has 3 atom stereocenters. The zero-order valence-corrected chi connectivity index (χ0v) is 20.9. The number of aliphatic imine (C=N–C) groups is 1. The zero-order valence-electron chi connectivity index (χ0n) is 20.9. The van der Waals surface area contributed by atoms with Crippen molar-refractivity contribution >= 4 is 29.7 Å². The Morgan fingerprint density at radius 2 is 2.11 bits per heavy atom. The minimum Gasteiger partial charge on any atom is -0.394 e. The predicted octanol–water partition coefficient (Wildman–Crippen LogP) is 0.363. The summed E-state index contributed by atoms with van der Waals surface area (Å²) in [6.45, 7) is 3.74. The molecule has 0 aromatic carbocycles. The van der Waals surface area contributed by atoms with E-state index in [0.29, 0.717) is 31.3 Å². The zero-order chi connectivity index (χ0) is 26.5. The topological polar surface area (TPSA) is 141 Å². The number of amides is 2. The highest BCUT2D eigenvalue weighted by Gasteiger charge is 2.35. The molecule has 37 heavy (non-hydrogen) atoms. The Labute approximate surface area is 214 Å². The number of fused-ring (bicyclic) bond motifs is 1. The average molecular weight is 521 g/mol. The van der Waals surface area contributed by atoms with Gasteiger partial charge in [-0.25, -0.2) is 13.8 Å². The predicted molar refractivity (Wildman–Crippen MR) is 135 cm³/mol. The van der Waals surface area contributed by atoms with E-state index >= 15 is 0 Å². The van der Waals surface area contributed by atoms with Crippen molar-refractivity contribution in [3.05, 3.63) is 29.5 Å². The van der Waals surface area contributed by atoms with Gasteiger partial charge in [-0.3, -0.25) is 19.1 Å². The van der Waals surface area contributed by atoms with Crippen LogP contribution < -0.4 is 16.4 Å². The average Bonchev–Trinajstić information content (AvgIpc) is 3.34. The number of carbonyl (C=O) groups excluding carboxylic acids is 2. The molecular weight excluding hydrogens is 486 g/mol. The summed E-state index contributed by atoms with van der Waals surface area (Å²) in [7, 11) is 0. The van der Waals surface area contributed by atoms with Gasteiger partial charge in [-0.05, 0) is 18.5 Å². The minimum absolute atomic E-state index is 0.0202. The van der Waals surface area contributed by atoms with E-state index in [1.54, 1.807) is 15.7 Å². The van der Waals surface area contributed by atoms with E-state index in [0.717, 1.165) is 0 Å². The first-order valence-electron chi connectivity index (χ1n) is 12.5. The number of hydrogen-bond acceptors (Lipinski definition) is 8. The van der Waals surface area contributed by atoms with E-state index in [1.807, 2.05) is 13.0 Å². The van der Waals surface area contributed by atoms with Crippen molar-refractivity contribution in [2.75, 3.05) is 57.7 Å². The summed E-state index contributed by atoms with van der Waals surface area (Å²) < 4.78 is 31.5. The summed E-state index contributed by atoms with van der Waals surface area (Å²) in [5, 5.41) is 15.3. The van der Waals surface area contributed by atoms with E-state index in [2.05, 4.69) is 20.6 Å². The van der Waals surface area contributed by atoms with Gasteiger partial charge in [0.25, 0.3) is 5.91 Å². The number of rotatable bonds is 8. The van der Waals surface area contributed by atoms with Crippen LogP contribution in [0.1, 0.15) is 30.3 Å². The van der Waals surface area contributed by atoms with Crippen molar-refractivity contribution < 1.29 is 23.5 Å². The second-order valence-corrected chi connectivity index (χ2v) is 9.53. The Morgan fingerprint density at radius 3 is 2.76 bits per heavy atom. The third-order valence-corrected chi connectivity index (χ3v) is 6.70. The minimum atomic E-state index is -1.50. The summed E-state index contributed by atoms with van der Waals surface area (Å²) in [6, 6.07) is -1.16. The van der Waals surface area contributed by atoms with Crippen LogP contribution in [-0.4, -0.2) is 107 Å². The fourth-order valence-electron chi connectivity index (χ4n) is 4.53. The van der Waals surface area contributed by atoms with Crippen LogP contribution in [0.4, 0.5) is 14.7 Å². The van der Waals surface area contributed by atoms with Gasteiger partial charge in [-0.2, -0.15) is 0 Å². The number of allylic oxidation sites excluding steroid dienone is 2. The first kappa shape index (κ1) is 26.7. The Hall–Kier alpha value is -3.32. The number of nitrogens with one attached hydrogen (secondary N) is 2. The molecule has 1 aliphatic carbocycles. The molecule has 2 amide bonds. The van der Waals surface area contributed by atoms with Crippen molar-refractivity contribution in [3.8, 4) is 0 Å². The van der Waals surface area contributed by atoms with Crippen LogP contribution in [0.5, 0.6) is 0 Å². The largest absolute Gasteiger partial charge is 0.394 e. The molecule has 1 aromatic rings. The van der Waals surface area contributed by atoms with Crippen LogP contribution in [-0.2, 0) is 4.79 Å². The molecule has 11 nitrogen and oxygen atoms in total. The molecule has 3 unspecified atom stereocenters.